The van der Waals surface area contributed by atoms with Crippen molar-refractivity contribution >= 4 is 30.0 Å². The van der Waals surface area contributed by atoms with Crippen molar-refractivity contribution in [3.63, 3.8) is 0 Å². The fourth-order valence-electron chi connectivity index (χ4n) is 5.39. The minimum Gasteiger partial charge on any atom is -0.547 e. The van der Waals surface area contributed by atoms with Crippen LogP contribution in [0.3, 0.4) is 0 Å². The molecule has 210 valence electrons. The Hall–Kier alpha value is -2.71. The van der Waals surface area contributed by atoms with E-state index in [4.69, 9.17) is 9.16 Å². The van der Waals surface area contributed by atoms with Crippen molar-refractivity contribution in [1.29, 1.82) is 0 Å². The van der Waals surface area contributed by atoms with Crippen LogP contribution in [-0.2, 0) is 19.2 Å². The third-order valence-corrected chi connectivity index (χ3v) is 15.3. The summed E-state index contributed by atoms with van der Waals surface area (Å²) in [4.78, 5) is 13.2. The molecule has 4 rings (SSSR count). The topological polar surface area (TPSA) is 72.7 Å². The van der Waals surface area contributed by atoms with E-state index in [0.717, 1.165) is 29.9 Å². The zero-order chi connectivity index (χ0) is 28.6. The van der Waals surface area contributed by atoms with Crippen molar-refractivity contribution in [2.24, 2.45) is 11.3 Å². The van der Waals surface area contributed by atoms with E-state index in [1.54, 1.807) is 28.2 Å². The summed E-state index contributed by atoms with van der Waals surface area (Å²) in [6.45, 7) is 15.5. The lowest BCUT2D eigenvalue weighted by atomic mass is 9.65. The highest BCUT2D eigenvalue weighted by atomic mass is 32.2. The number of hydrogen-bond acceptors (Lipinski definition) is 5. The zero-order valence-corrected chi connectivity index (χ0v) is 26.1. The molecule has 1 spiro atoms. The van der Waals surface area contributed by atoms with Gasteiger partial charge in [-0.2, -0.15) is 8.42 Å². The SMILES string of the molecule is CC1=[N+](S(=O)(=O)c2ccc(C)cc2)CC[C@]12CCC(O[Si](C)(C)C(C)(C)C)=C[C@@H]2COC(=O)c1ccccc1. The van der Waals surface area contributed by atoms with E-state index < -0.39 is 23.8 Å². The van der Waals surface area contributed by atoms with Gasteiger partial charge in [0.2, 0.25) is 8.32 Å². The predicted molar refractivity (Wildman–Crippen MR) is 157 cm³/mol. The fourth-order valence-corrected chi connectivity index (χ4v) is 8.13. The van der Waals surface area contributed by atoms with Gasteiger partial charge in [0.05, 0.1) is 23.3 Å². The van der Waals surface area contributed by atoms with E-state index in [9.17, 15) is 13.2 Å². The van der Waals surface area contributed by atoms with Gasteiger partial charge in [0.1, 0.15) is 4.90 Å². The van der Waals surface area contributed by atoms with Crippen molar-refractivity contribution in [2.75, 3.05) is 13.2 Å². The van der Waals surface area contributed by atoms with Gasteiger partial charge in [-0.1, -0.05) is 56.7 Å². The van der Waals surface area contributed by atoms with Crippen LogP contribution >= 0.6 is 0 Å². The summed E-state index contributed by atoms with van der Waals surface area (Å²) < 4.78 is 41.5. The number of aryl methyl sites for hydroxylation is 1. The molecule has 39 heavy (non-hydrogen) atoms. The van der Waals surface area contributed by atoms with Crippen molar-refractivity contribution in [3.05, 3.63) is 77.6 Å². The van der Waals surface area contributed by atoms with E-state index in [0.29, 0.717) is 23.4 Å². The van der Waals surface area contributed by atoms with Crippen LogP contribution in [0.15, 0.2) is 71.3 Å². The molecule has 0 saturated carbocycles. The predicted octanol–water partition coefficient (Wildman–Crippen LogP) is 6.72. The zero-order valence-electron chi connectivity index (χ0n) is 24.3. The van der Waals surface area contributed by atoms with Crippen molar-refractivity contribution in [2.45, 2.75) is 76.9 Å². The molecule has 0 bridgehead atoms. The minimum absolute atomic E-state index is 0.0482. The number of ether oxygens (including phenoxy) is 1. The Bertz CT molecular complexity index is 1390. The Morgan fingerprint density at radius 2 is 1.67 bits per heavy atom. The van der Waals surface area contributed by atoms with Crippen LogP contribution in [0.5, 0.6) is 0 Å². The molecule has 0 unspecified atom stereocenters. The number of hydrogen-bond donors (Lipinski definition) is 0. The fraction of sp³-hybridized carbons (Fsp3) is 0.484. The van der Waals surface area contributed by atoms with Crippen molar-refractivity contribution < 1.29 is 26.4 Å². The summed E-state index contributed by atoms with van der Waals surface area (Å²) in [5.74, 6) is 0.355. The summed E-state index contributed by atoms with van der Waals surface area (Å²) in [6, 6.07) is 16.0. The van der Waals surface area contributed by atoms with Gasteiger partial charge < -0.3 is 9.16 Å². The molecule has 0 N–H and O–H groups in total. The van der Waals surface area contributed by atoms with Crippen molar-refractivity contribution in [1.82, 2.24) is 0 Å². The monoisotopic (exact) mass is 568 g/mol. The van der Waals surface area contributed by atoms with Crippen LogP contribution in [0.1, 0.15) is 62.9 Å². The standard InChI is InChI=1S/C31H42NO5SSi/c1-23-13-15-28(16-14-23)38(34,35)32-20-19-31(24(32)2)18-17-27(37-39(6,7)30(3,4)5)21-26(31)22-36-29(33)25-11-9-8-10-12-25/h8-16,21,26H,17-20,22H2,1-7H3/q+1/t26-,31-/m1/s1. The van der Waals surface area contributed by atoms with Gasteiger partial charge >= 0.3 is 16.0 Å². The Morgan fingerprint density at radius 3 is 2.28 bits per heavy atom. The van der Waals surface area contributed by atoms with E-state index in [1.165, 1.54) is 0 Å². The van der Waals surface area contributed by atoms with Gasteiger partial charge in [0.25, 0.3) is 0 Å². The van der Waals surface area contributed by atoms with Gasteiger partial charge in [-0.25, -0.2) is 4.79 Å². The quantitative estimate of drug-likeness (QED) is 0.211. The van der Waals surface area contributed by atoms with E-state index in [2.05, 4.69) is 39.9 Å². The molecule has 0 amide bonds. The number of carbonyl (C=O) groups is 1. The molecule has 2 atom stereocenters. The van der Waals surface area contributed by atoms with Gasteiger partial charge in [0.15, 0.2) is 12.3 Å². The largest absolute Gasteiger partial charge is 0.547 e. The second-order valence-electron chi connectivity index (χ2n) is 12.4. The second-order valence-corrected chi connectivity index (χ2v) is 19.0. The number of benzene rings is 2. The highest BCUT2D eigenvalue weighted by molar-refractivity contribution is 7.85. The van der Waals surface area contributed by atoms with Crippen LogP contribution in [-0.4, -0.2) is 45.5 Å². The summed E-state index contributed by atoms with van der Waals surface area (Å²) >= 11 is 0. The lowest BCUT2D eigenvalue weighted by molar-refractivity contribution is -0.356. The molecule has 6 nitrogen and oxygen atoms in total. The molecule has 8 heteroatoms. The number of allylic oxidation sites excluding steroid dienone is 1. The molecule has 0 fully saturated rings. The first-order chi connectivity index (χ1) is 18.2. The van der Waals surface area contributed by atoms with Gasteiger partial charge in [0, 0.05) is 25.7 Å². The molecule has 2 aromatic rings. The van der Waals surface area contributed by atoms with Gasteiger partial charge in [-0.15, -0.1) is 3.98 Å². The molecule has 0 saturated heterocycles. The molecular weight excluding hydrogens is 526 g/mol. The molecule has 0 aromatic heterocycles. The van der Waals surface area contributed by atoms with Gasteiger partial charge in [-0.3, -0.25) is 0 Å². The van der Waals surface area contributed by atoms with Crippen LogP contribution in [0, 0.1) is 18.3 Å². The Labute approximate surface area is 234 Å². The van der Waals surface area contributed by atoms with Gasteiger partial charge in [-0.05, 0) is 61.8 Å². The Kier molecular flexibility index (Phi) is 8.03. The average Bonchev–Trinajstić information content (AvgIpc) is 3.21. The van der Waals surface area contributed by atoms with E-state index in [-0.39, 0.29) is 23.5 Å². The maximum atomic E-state index is 13.7. The molecule has 1 aliphatic heterocycles. The summed E-state index contributed by atoms with van der Waals surface area (Å²) in [7, 11) is -5.76. The first-order valence-corrected chi connectivity index (χ1v) is 18.1. The smallest absolute Gasteiger partial charge is 0.394 e. The summed E-state index contributed by atoms with van der Waals surface area (Å²) in [6.07, 6.45) is 4.26. The second kappa shape index (κ2) is 10.7. The normalized spacial score (nSPS) is 22.1. The maximum absolute atomic E-state index is 13.7. The van der Waals surface area contributed by atoms with Crippen molar-refractivity contribution in [3.8, 4) is 0 Å². The first-order valence-electron chi connectivity index (χ1n) is 13.7. The molecule has 2 aliphatic rings. The van der Waals surface area contributed by atoms with E-state index >= 15 is 0 Å². The lowest BCUT2D eigenvalue weighted by Crippen LogP contribution is -2.44. The molecule has 0 radical (unpaired) electrons. The number of nitrogens with zero attached hydrogens (tertiary/aromatic N) is 1. The molecule has 1 aliphatic carbocycles. The summed E-state index contributed by atoms with van der Waals surface area (Å²) in [5.41, 5.74) is 1.89. The number of rotatable bonds is 7. The minimum atomic E-state index is -3.70. The number of sulfonamides is 1. The highest BCUT2D eigenvalue weighted by Gasteiger charge is 2.55. The Morgan fingerprint density at radius 1 is 1.03 bits per heavy atom. The highest BCUT2D eigenvalue weighted by Crippen LogP contribution is 2.49. The van der Waals surface area contributed by atoms with Crippen LogP contribution in [0.4, 0.5) is 0 Å². The average molecular weight is 569 g/mol. The summed E-state index contributed by atoms with van der Waals surface area (Å²) in [5, 5.41) is 0.0482. The molecular formula is C31H42NO5SSi+. The van der Waals surface area contributed by atoms with Crippen LogP contribution in [0.25, 0.3) is 0 Å². The molecule has 2 aromatic carbocycles. The number of carbonyl (C=O) groups excluding carboxylic acids is 1. The third-order valence-electron chi connectivity index (χ3n) is 8.97. The first kappa shape index (κ1) is 29.3. The van der Waals surface area contributed by atoms with Crippen LogP contribution < -0.4 is 0 Å². The Balaban J connectivity index is 1.70. The number of esters is 1. The third kappa shape index (κ3) is 5.77. The van der Waals surface area contributed by atoms with Crippen LogP contribution in [0.2, 0.25) is 18.1 Å². The molecule has 1 heterocycles. The maximum Gasteiger partial charge on any atom is 0.394 e. The lowest BCUT2D eigenvalue weighted by Gasteiger charge is -2.42. The van der Waals surface area contributed by atoms with E-state index in [1.807, 2.05) is 44.2 Å².